The van der Waals surface area contributed by atoms with Crippen LogP contribution in [0.1, 0.15) is 0 Å². The van der Waals surface area contributed by atoms with Gasteiger partial charge in [0.25, 0.3) is 0 Å². The summed E-state index contributed by atoms with van der Waals surface area (Å²) in [6.45, 7) is 0. The van der Waals surface area contributed by atoms with E-state index >= 15 is 0 Å². The molecule has 0 atom stereocenters. The van der Waals surface area contributed by atoms with Crippen LogP contribution < -0.4 is 10.1 Å². The Balaban J connectivity index is 2.22. The van der Waals surface area contributed by atoms with Gasteiger partial charge in [0.15, 0.2) is 11.6 Å². The van der Waals surface area contributed by atoms with Crippen molar-refractivity contribution >= 4 is 5.69 Å². The molecule has 1 aromatic carbocycles. The second kappa shape index (κ2) is 4.78. The Labute approximate surface area is 97.1 Å². The fraction of sp³-hybridized carbons (Fsp3) is 0.0833. The van der Waals surface area contributed by atoms with Gasteiger partial charge in [0.05, 0.1) is 18.1 Å². The minimum atomic E-state index is -0.944. The normalized spacial score (nSPS) is 10.1. The van der Waals surface area contributed by atoms with E-state index in [0.29, 0.717) is 5.75 Å². The number of halogens is 2. The first-order valence-electron chi connectivity index (χ1n) is 4.95. The van der Waals surface area contributed by atoms with Gasteiger partial charge in [-0.05, 0) is 12.1 Å². The Morgan fingerprint density at radius 2 is 1.88 bits per heavy atom. The lowest BCUT2D eigenvalue weighted by Gasteiger charge is -2.07. The van der Waals surface area contributed by atoms with Crippen molar-refractivity contribution in [2.24, 2.45) is 0 Å². The first kappa shape index (κ1) is 11.3. The largest absolute Gasteiger partial charge is 0.456 e. The maximum atomic E-state index is 12.9. The molecular formula is C12H10F2N2O. The summed E-state index contributed by atoms with van der Waals surface area (Å²) in [7, 11) is 1.75. The molecule has 0 amide bonds. The Kier molecular flexibility index (Phi) is 3.18. The highest BCUT2D eigenvalue weighted by Crippen LogP contribution is 2.24. The Bertz CT molecular complexity index is 532. The maximum absolute atomic E-state index is 12.9. The molecule has 1 N–H and O–H groups in total. The van der Waals surface area contributed by atoms with Crippen LogP contribution in [0, 0.1) is 11.6 Å². The summed E-state index contributed by atoms with van der Waals surface area (Å²) in [5.41, 5.74) is 0.769. The van der Waals surface area contributed by atoms with Gasteiger partial charge in [-0.3, -0.25) is 4.98 Å². The Morgan fingerprint density at radius 3 is 2.59 bits per heavy atom. The van der Waals surface area contributed by atoms with E-state index in [1.807, 2.05) is 0 Å². The number of nitrogens with one attached hydrogen (secondary N) is 1. The fourth-order valence-electron chi connectivity index (χ4n) is 1.29. The van der Waals surface area contributed by atoms with E-state index in [-0.39, 0.29) is 5.75 Å². The maximum Gasteiger partial charge on any atom is 0.162 e. The van der Waals surface area contributed by atoms with Crippen LogP contribution in [-0.4, -0.2) is 12.0 Å². The van der Waals surface area contributed by atoms with Crippen molar-refractivity contribution in [1.29, 1.82) is 0 Å². The second-order valence-electron chi connectivity index (χ2n) is 3.34. The number of nitrogens with zero attached hydrogens (tertiary/aromatic N) is 1. The first-order chi connectivity index (χ1) is 8.19. The molecule has 0 aliphatic rings. The highest BCUT2D eigenvalue weighted by molar-refractivity contribution is 5.45. The molecule has 0 saturated heterocycles. The highest BCUT2D eigenvalue weighted by atomic mass is 19.2. The predicted octanol–water partition coefficient (Wildman–Crippen LogP) is 3.19. The summed E-state index contributed by atoms with van der Waals surface area (Å²) >= 11 is 0. The number of hydrogen-bond donors (Lipinski definition) is 1. The molecule has 0 aliphatic carbocycles. The topological polar surface area (TPSA) is 34.2 Å². The van der Waals surface area contributed by atoms with Gasteiger partial charge in [0.1, 0.15) is 11.5 Å². The van der Waals surface area contributed by atoms with E-state index in [0.717, 1.165) is 17.8 Å². The molecule has 5 heteroatoms. The molecule has 1 aromatic heterocycles. The van der Waals surface area contributed by atoms with Crippen molar-refractivity contribution in [3.8, 4) is 11.5 Å². The molecular weight excluding hydrogens is 226 g/mol. The van der Waals surface area contributed by atoms with Crippen LogP contribution >= 0.6 is 0 Å². The third-order valence-corrected chi connectivity index (χ3v) is 2.13. The average Bonchev–Trinajstić information content (AvgIpc) is 2.34. The zero-order valence-corrected chi connectivity index (χ0v) is 9.08. The summed E-state index contributed by atoms with van der Waals surface area (Å²) in [4.78, 5) is 3.94. The summed E-state index contributed by atoms with van der Waals surface area (Å²) < 4.78 is 31.0. The lowest BCUT2D eigenvalue weighted by Crippen LogP contribution is -1.92. The molecule has 17 heavy (non-hydrogen) atoms. The molecule has 0 bridgehead atoms. The highest BCUT2D eigenvalue weighted by Gasteiger charge is 2.04. The quantitative estimate of drug-likeness (QED) is 0.888. The fourth-order valence-corrected chi connectivity index (χ4v) is 1.29. The minimum Gasteiger partial charge on any atom is -0.456 e. The van der Waals surface area contributed by atoms with Crippen LogP contribution in [0.5, 0.6) is 11.5 Å². The number of anilines is 1. The van der Waals surface area contributed by atoms with E-state index < -0.39 is 11.6 Å². The molecule has 88 valence electrons. The van der Waals surface area contributed by atoms with Gasteiger partial charge >= 0.3 is 0 Å². The van der Waals surface area contributed by atoms with Gasteiger partial charge in [-0.2, -0.15) is 0 Å². The van der Waals surface area contributed by atoms with Gasteiger partial charge in [-0.15, -0.1) is 0 Å². The number of ether oxygens (including phenoxy) is 1. The average molecular weight is 236 g/mol. The molecule has 0 aliphatic heterocycles. The van der Waals surface area contributed by atoms with Crippen molar-refractivity contribution in [2.75, 3.05) is 12.4 Å². The first-order valence-corrected chi connectivity index (χ1v) is 4.95. The second-order valence-corrected chi connectivity index (χ2v) is 3.34. The molecule has 0 unspecified atom stereocenters. The van der Waals surface area contributed by atoms with Gasteiger partial charge < -0.3 is 10.1 Å². The molecule has 0 fully saturated rings. The summed E-state index contributed by atoms with van der Waals surface area (Å²) in [6, 6.07) is 5.06. The number of benzene rings is 1. The third-order valence-electron chi connectivity index (χ3n) is 2.13. The van der Waals surface area contributed by atoms with Crippen molar-refractivity contribution in [1.82, 2.24) is 4.98 Å². The smallest absolute Gasteiger partial charge is 0.162 e. The lowest BCUT2D eigenvalue weighted by atomic mass is 10.3. The minimum absolute atomic E-state index is 0.221. The zero-order valence-electron chi connectivity index (χ0n) is 9.08. The van der Waals surface area contributed by atoms with Crippen LogP contribution in [0.3, 0.4) is 0 Å². The summed E-state index contributed by atoms with van der Waals surface area (Å²) in [6.07, 6.45) is 3.11. The van der Waals surface area contributed by atoms with Crippen LogP contribution in [-0.2, 0) is 0 Å². The number of hydrogen-bond acceptors (Lipinski definition) is 3. The standard InChI is InChI=1S/C12H10F2N2O/c1-15-8-4-10(7-16-6-8)17-9-2-3-11(13)12(14)5-9/h2-7,15H,1H3. The van der Waals surface area contributed by atoms with Crippen molar-refractivity contribution in [3.05, 3.63) is 48.3 Å². The lowest BCUT2D eigenvalue weighted by molar-refractivity contribution is 0.460. The van der Waals surface area contributed by atoms with Gasteiger partial charge in [-0.1, -0.05) is 0 Å². The Hall–Kier alpha value is -2.17. The summed E-state index contributed by atoms with van der Waals surface area (Å²) in [5, 5.41) is 2.90. The molecule has 0 spiro atoms. The molecule has 0 radical (unpaired) electrons. The summed E-state index contributed by atoms with van der Waals surface area (Å²) in [5.74, 6) is -1.18. The van der Waals surface area contributed by atoms with Crippen LogP contribution in [0.2, 0.25) is 0 Å². The molecule has 2 rings (SSSR count). The van der Waals surface area contributed by atoms with E-state index in [1.165, 1.54) is 12.3 Å². The Morgan fingerprint density at radius 1 is 1.06 bits per heavy atom. The van der Waals surface area contributed by atoms with Crippen molar-refractivity contribution in [2.45, 2.75) is 0 Å². The van der Waals surface area contributed by atoms with Crippen LogP contribution in [0.15, 0.2) is 36.7 Å². The van der Waals surface area contributed by atoms with Crippen molar-refractivity contribution < 1.29 is 13.5 Å². The number of aromatic nitrogens is 1. The van der Waals surface area contributed by atoms with E-state index in [2.05, 4.69) is 10.3 Å². The third kappa shape index (κ3) is 2.69. The van der Waals surface area contributed by atoms with Gasteiger partial charge in [-0.25, -0.2) is 8.78 Å². The number of rotatable bonds is 3. The molecule has 2 aromatic rings. The predicted molar refractivity (Wildman–Crippen MR) is 60.2 cm³/mol. The van der Waals surface area contributed by atoms with Crippen LogP contribution in [0.4, 0.5) is 14.5 Å². The van der Waals surface area contributed by atoms with E-state index in [9.17, 15) is 8.78 Å². The van der Waals surface area contributed by atoms with Crippen molar-refractivity contribution in [3.63, 3.8) is 0 Å². The SMILES string of the molecule is CNc1cncc(Oc2ccc(F)c(F)c2)c1. The van der Waals surface area contributed by atoms with E-state index in [4.69, 9.17) is 4.74 Å². The zero-order chi connectivity index (χ0) is 12.3. The number of pyridine rings is 1. The van der Waals surface area contributed by atoms with E-state index in [1.54, 1.807) is 19.3 Å². The molecule has 1 heterocycles. The molecule has 3 nitrogen and oxygen atoms in total. The monoisotopic (exact) mass is 236 g/mol. The van der Waals surface area contributed by atoms with Gasteiger partial charge in [0.2, 0.25) is 0 Å². The van der Waals surface area contributed by atoms with Crippen LogP contribution in [0.25, 0.3) is 0 Å². The molecule has 0 saturated carbocycles. The van der Waals surface area contributed by atoms with Gasteiger partial charge in [0, 0.05) is 19.2 Å².